The van der Waals surface area contributed by atoms with Crippen LogP contribution in [0.4, 0.5) is 0 Å². The third-order valence-electron chi connectivity index (χ3n) is 5.59. The summed E-state index contributed by atoms with van der Waals surface area (Å²) in [6.45, 7) is 12.3. The first-order chi connectivity index (χ1) is 14.7. The molecule has 1 fully saturated rings. The van der Waals surface area contributed by atoms with Gasteiger partial charge < -0.3 is 15.4 Å². The molecule has 0 radical (unpaired) electrons. The Bertz CT molecular complexity index is 795. The van der Waals surface area contributed by atoms with Crippen molar-refractivity contribution in [1.82, 2.24) is 25.3 Å². The van der Waals surface area contributed by atoms with Crippen LogP contribution in [0.3, 0.4) is 0 Å². The Morgan fingerprint density at radius 2 is 2.03 bits per heavy atom. The summed E-state index contributed by atoms with van der Waals surface area (Å²) in [5, 5.41) is 13.8. The zero-order valence-electron chi connectivity index (χ0n) is 18.8. The molecule has 0 saturated carbocycles. The molecule has 2 aromatic rings. The Hall–Kier alpha value is -1.90. The van der Waals surface area contributed by atoms with Crippen LogP contribution in [0.5, 0.6) is 0 Å². The number of thiophene rings is 1. The number of ether oxygens (including phenoxy) is 1. The fraction of sp³-hybridized carbons (Fsp3) is 0.636. The van der Waals surface area contributed by atoms with Crippen molar-refractivity contribution < 1.29 is 4.74 Å². The first kappa shape index (κ1) is 22.8. The SMILES string of the molecule is CCNC(=NCc1c(CC)nn(C)c1CC)NCC(c1cccs1)N1CCOCC1. The average Bonchev–Trinajstić information content (AvgIpc) is 3.40. The van der Waals surface area contributed by atoms with E-state index in [1.807, 2.05) is 23.1 Å². The van der Waals surface area contributed by atoms with E-state index in [-0.39, 0.29) is 0 Å². The molecule has 0 aliphatic carbocycles. The molecule has 1 saturated heterocycles. The minimum atomic E-state index is 0.327. The highest BCUT2D eigenvalue weighted by Gasteiger charge is 2.23. The third-order valence-corrected chi connectivity index (χ3v) is 6.56. The first-order valence-corrected chi connectivity index (χ1v) is 12.0. The number of guanidine groups is 1. The molecule has 1 unspecified atom stereocenters. The lowest BCUT2D eigenvalue weighted by atomic mass is 10.1. The fourth-order valence-electron chi connectivity index (χ4n) is 4.05. The molecule has 1 aliphatic heterocycles. The number of rotatable bonds is 9. The number of aromatic nitrogens is 2. The highest BCUT2D eigenvalue weighted by Crippen LogP contribution is 2.25. The van der Waals surface area contributed by atoms with Gasteiger partial charge in [0.15, 0.2) is 5.96 Å². The lowest BCUT2D eigenvalue weighted by Gasteiger charge is -2.34. The van der Waals surface area contributed by atoms with E-state index in [1.54, 1.807) is 0 Å². The molecular weight excluding hydrogens is 396 g/mol. The molecule has 2 N–H and O–H groups in total. The summed E-state index contributed by atoms with van der Waals surface area (Å²) < 4.78 is 7.57. The zero-order chi connectivity index (χ0) is 21.3. The Labute approximate surface area is 184 Å². The lowest BCUT2D eigenvalue weighted by molar-refractivity contribution is 0.0177. The lowest BCUT2D eigenvalue weighted by Crippen LogP contribution is -2.46. The van der Waals surface area contributed by atoms with E-state index < -0.39 is 0 Å². The van der Waals surface area contributed by atoms with Crippen molar-refractivity contribution in [2.24, 2.45) is 12.0 Å². The molecule has 1 atom stereocenters. The van der Waals surface area contributed by atoms with Crippen molar-refractivity contribution in [2.45, 2.75) is 46.2 Å². The average molecular weight is 433 g/mol. The summed E-state index contributed by atoms with van der Waals surface area (Å²) in [6, 6.07) is 4.69. The largest absolute Gasteiger partial charge is 0.379 e. The van der Waals surface area contributed by atoms with Gasteiger partial charge in [0.2, 0.25) is 0 Å². The second kappa shape index (κ2) is 11.5. The Balaban J connectivity index is 1.72. The summed E-state index contributed by atoms with van der Waals surface area (Å²) >= 11 is 1.82. The van der Waals surface area contributed by atoms with Crippen molar-refractivity contribution in [2.75, 3.05) is 39.4 Å². The smallest absolute Gasteiger partial charge is 0.191 e. The molecule has 30 heavy (non-hydrogen) atoms. The maximum absolute atomic E-state index is 5.56. The van der Waals surface area contributed by atoms with E-state index in [2.05, 4.69) is 58.9 Å². The minimum absolute atomic E-state index is 0.327. The highest BCUT2D eigenvalue weighted by atomic mass is 32.1. The normalized spacial score (nSPS) is 16.6. The molecule has 2 aromatic heterocycles. The summed E-state index contributed by atoms with van der Waals surface area (Å²) in [4.78, 5) is 8.81. The molecule has 166 valence electrons. The van der Waals surface area contributed by atoms with Gasteiger partial charge in [-0.2, -0.15) is 5.10 Å². The Kier molecular flexibility index (Phi) is 8.72. The Morgan fingerprint density at radius 1 is 1.23 bits per heavy atom. The van der Waals surface area contributed by atoms with E-state index in [0.717, 1.165) is 63.9 Å². The van der Waals surface area contributed by atoms with Gasteiger partial charge in [-0.15, -0.1) is 11.3 Å². The number of hydrogen-bond donors (Lipinski definition) is 2. The number of nitrogens with one attached hydrogen (secondary N) is 2. The zero-order valence-corrected chi connectivity index (χ0v) is 19.6. The van der Waals surface area contributed by atoms with E-state index in [0.29, 0.717) is 12.6 Å². The van der Waals surface area contributed by atoms with Crippen LogP contribution in [0, 0.1) is 0 Å². The minimum Gasteiger partial charge on any atom is -0.379 e. The van der Waals surface area contributed by atoms with E-state index in [9.17, 15) is 0 Å². The predicted octanol–water partition coefficient (Wildman–Crippen LogP) is 2.74. The van der Waals surface area contributed by atoms with Gasteiger partial charge >= 0.3 is 0 Å². The van der Waals surface area contributed by atoms with Gasteiger partial charge in [0.05, 0.1) is 31.5 Å². The van der Waals surface area contributed by atoms with Gasteiger partial charge in [-0.3, -0.25) is 9.58 Å². The van der Waals surface area contributed by atoms with Gasteiger partial charge in [0.25, 0.3) is 0 Å². The first-order valence-electron chi connectivity index (χ1n) is 11.1. The molecule has 3 rings (SSSR count). The second-order valence-electron chi connectivity index (χ2n) is 7.46. The molecule has 0 aromatic carbocycles. The summed E-state index contributed by atoms with van der Waals surface area (Å²) in [5.74, 6) is 0.861. The summed E-state index contributed by atoms with van der Waals surface area (Å²) in [5.41, 5.74) is 3.69. The monoisotopic (exact) mass is 432 g/mol. The van der Waals surface area contributed by atoms with Crippen LogP contribution in [-0.2, 0) is 31.2 Å². The van der Waals surface area contributed by atoms with Crippen LogP contribution < -0.4 is 10.6 Å². The summed E-state index contributed by atoms with van der Waals surface area (Å²) in [7, 11) is 2.03. The molecular formula is C22H36N6OS. The maximum atomic E-state index is 5.56. The topological polar surface area (TPSA) is 66.7 Å². The number of nitrogens with zero attached hydrogens (tertiary/aromatic N) is 4. The maximum Gasteiger partial charge on any atom is 0.191 e. The number of hydrogen-bond acceptors (Lipinski definition) is 5. The molecule has 3 heterocycles. The van der Waals surface area contributed by atoms with Crippen molar-refractivity contribution in [3.8, 4) is 0 Å². The molecule has 0 amide bonds. The van der Waals surface area contributed by atoms with Gasteiger partial charge in [-0.1, -0.05) is 19.9 Å². The molecule has 0 spiro atoms. The molecule has 1 aliphatic rings. The van der Waals surface area contributed by atoms with Crippen molar-refractivity contribution >= 4 is 17.3 Å². The van der Waals surface area contributed by atoms with Crippen LogP contribution in [0.1, 0.15) is 48.6 Å². The van der Waals surface area contributed by atoms with Gasteiger partial charge in [-0.05, 0) is 31.2 Å². The fourth-order valence-corrected chi connectivity index (χ4v) is 4.91. The number of morpholine rings is 1. The van der Waals surface area contributed by atoms with E-state index in [4.69, 9.17) is 9.73 Å². The standard InChI is InChI=1S/C22H36N6OS/c1-5-18-17(19(6-2)27(4)26-18)15-24-22(23-7-3)25-16-20(21-9-8-14-30-21)28-10-12-29-13-11-28/h8-9,14,20H,5-7,10-13,15-16H2,1-4H3,(H2,23,24,25). The van der Waals surface area contributed by atoms with Gasteiger partial charge in [0.1, 0.15) is 0 Å². The number of aryl methyl sites for hydroxylation is 2. The summed E-state index contributed by atoms with van der Waals surface area (Å²) in [6.07, 6.45) is 1.90. The van der Waals surface area contributed by atoms with Crippen molar-refractivity contribution in [3.63, 3.8) is 0 Å². The van der Waals surface area contributed by atoms with Crippen molar-refractivity contribution in [1.29, 1.82) is 0 Å². The van der Waals surface area contributed by atoms with Gasteiger partial charge in [-0.25, -0.2) is 4.99 Å². The van der Waals surface area contributed by atoms with E-state index >= 15 is 0 Å². The quantitative estimate of drug-likeness (QED) is 0.471. The predicted molar refractivity (Wildman–Crippen MR) is 124 cm³/mol. The highest BCUT2D eigenvalue weighted by molar-refractivity contribution is 7.10. The number of aliphatic imine (C=N–C) groups is 1. The van der Waals surface area contributed by atoms with Crippen LogP contribution in [-0.4, -0.2) is 60.0 Å². The van der Waals surface area contributed by atoms with Crippen LogP contribution >= 0.6 is 11.3 Å². The van der Waals surface area contributed by atoms with Gasteiger partial charge in [0, 0.05) is 49.4 Å². The molecule has 0 bridgehead atoms. The van der Waals surface area contributed by atoms with E-state index in [1.165, 1.54) is 16.1 Å². The van der Waals surface area contributed by atoms with Crippen LogP contribution in [0.25, 0.3) is 0 Å². The molecule has 7 nitrogen and oxygen atoms in total. The van der Waals surface area contributed by atoms with Crippen LogP contribution in [0.2, 0.25) is 0 Å². The molecule has 8 heteroatoms. The van der Waals surface area contributed by atoms with Crippen molar-refractivity contribution in [3.05, 3.63) is 39.3 Å². The Morgan fingerprint density at radius 3 is 2.67 bits per heavy atom. The second-order valence-corrected chi connectivity index (χ2v) is 8.44. The van der Waals surface area contributed by atoms with Crippen LogP contribution in [0.15, 0.2) is 22.5 Å². The third kappa shape index (κ3) is 5.62.